The topological polar surface area (TPSA) is 0 Å². The van der Waals surface area contributed by atoms with Crippen molar-refractivity contribution in [2.24, 2.45) is 0 Å². The van der Waals surface area contributed by atoms with Crippen molar-refractivity contribution in [3.05, 3.63) is 12.2 Å². The summed E-state index contributed by atoms with van der Waals surface area (Å²) in [6.45, 7) is 4.54. The van der Waals surface area contributed by atoms with Gasteiger partial charge in [0.05, 0.1) is 0 Å². The lowest BCUT2D eigenvalue weighted by Gasteiger charge is -2.03. The van der Waals surface area contributed by atoms with E-state index in [1.807, 2.05) is 0 Å². The molecule has 0 aliphatic carbocycles. The highest BCUT2D eigenvalue weighted by Gasteiger charge is 1.94. The van der Waals surface area contributed by atoms with Crippen molar-refractivity contribution in [3.8, 4) is 0 Å². The molecular weight excluding hydrogens is 264 g/mol. The van der Waals surface area contributed by atoms with Gasteiger partial charge >= 0.3 is 0 Å². The maximum Gasteiger partial charge on any atom is -0.0351 e. The average molecular weight is 309 g/mol. The normalized spacial score (nSPS) is 11.5. The van der Waals surface area contributed by atoms with Crippen molar-refractivity contribution in [2.75, 3.05) is 0 Å². The summed E-state index contributed by atoms with van der Waals surface area (Å²) < 4.78 is 0. The van der Waals surface area contributed by atoms with Crippen LogP contribution >= 0.6 is 0 Å². The third kappa shape index (κ3) is 19.7. The van der Waals surface area contributed by atoms with Gasteiger partial charge in [-0.25, -0.2) is 0 Å². The number of hydrogen-bond acceptors (Lipinski definition) is 0. The molecule has 0 unspecified atom stereocenters. The molecule has 0 saturated carbocycles. The van der Waals surface area contributed by atoms with Gasteiger partial charge < -0.3 is 0 Å². The first-order valence-corrected chi connectivity index (χ1v) is 10.6. The van der Waals surface area contributed by atoms with Crippen molar-refractivity contribution >= 4 is 0 Å². The standard InChI is InChI=1S/C22H44/c1-3-5-7-9-11-13-15-17-19-21-22-20-18-16-14-12-10-8-6-4-2/h7,9H,3-6,8,10-22H2,1-2H3. The number of unbranched alkanes of at least 4 members (excludes halogenated alkanes) is 16. The van der Waals surface area contributed by atoms with Gasteiger partial charge in [-0.2, -0.15) is 0 Å². The molecule has 0 bridgehead atoms. The molecule has 0 aromatic carbocycles. The summed E-state index contributed by atoms with van der Waals surface area (Å²) in [6, 6.07) is 0. The first-order chi connectivity index (χ1) is 10.9. The Labute approximate surface area is 142 Å². The Balaban J connectivity index is 2.97. The maximum atomic E-state index is 2.38. The summed E-state index contributed by atoms with van der Waals surface area (Å²) in [4.78, 5) is 0. The molecule has 0 heteroatoms. The van der Waals surface area contributed by atoms with E-state index in [4.69, 9.17) is 0 Å². The van der Waals surface area contributed by atoms with E-state index in [0.717, 1.165) is 0 Å². The lowest BCUT2D eigenvalue weighted by atomic mass is 10.0. The van der Waals surface area contributed by atoms with Crippen LogP contribution in [0.3, 0.4) is 0 Å². The van der Waals surface area contributed by atoms with Crippen LogP contribution < -0.4 is 0 Å². The van der Waals surface area contributed by atoms with Crippen molar-refractivity contribution < 1.29 is 0 Å². The minimum absolute atomic E-state index is 1.26. The van der Waals surface area contributed by atoms with Gasteiger partial charge in [0.25, 0.3) is 0 Å². The van der Waals surface area contributed by atoms with Crippen LogP contribution in [-0.4, -0.2) is 0 Å². The fourth-order valence-electron chi connectivity index (χ4n) is 3.04. The van der Waals surface area contributed by atoms with Gasteiger partial charge in [0.15, 0.2) is 0 Å². The Morgan fingerprint density at radius 1 is 0.364 bits per heavy atom. The first-order valence-electron chi connectivity index (χ1n) is 10.6. The Morgan fingerprint density at radius 2 is 0.727 bits per heavy atom. The smallest absolute Gasteiger partial charge is 0.0351 e. The summed E-state index contributed by atoms with van der Waals surface area (Å²) in [5.41, 5.74) is 0. The third-order valence-electron chi connectivity index (χ3n) is 4.60. The second-order valence-electron chi connectivity index (χ2n) is 7.00. The largest absolute Gasteiger partial charge is 0.0885 e. The van der Waals surface area contributed by atoms with Gasteiger partial charge in [-0.3, -0.25) is 0 Å². The van der Waals surface area contributed by atoms with E-state index in [1.54, 1.807) is 0 Å². The highest BCUT2D eigenvalue weighted by atomic mass is 14.0. The van der Waals surface area contributed by atoms with Crippen molar-refractivity contribution in [1.82, 2.24) is 0 Å². The van der Waals surface area contributed by atoms with Crippen LogP contribution in [0.25, 0.3) is 0 Å². The fourth-order valence-corrected chi connectivity index (χ4v) is 3.04. The molecule has 0 amide bonds. The lowest BCUT2D eigenvalue weighted by Crippen LogP contribution is -1.83. The SMILES string of the molecule is CCCC=CCCCCCCCCCCCCCCCCC. The van der Waals surface area contributed by atoms with Crippen LogP contribution in [0.2, 0.25) is 0 Å². The van der Waals surface area contributed by atoms with Crippen LogP contribution in [0, 0.1) is 0 Å². The molecule has 0 radical (unpaired) electrons. The Kier molecular flexibility index (Phi) is 20.5. The molecule has 0 atom stereocenters. The highest BCUT2D eigenvalue weighted by Crippen LogP contribution is 2.13. The Hall–Kier alpha value is -0.260. The van der Waals surface area contributed by atoms with Gasteiger partial charge in [0, 0.05) is 0 Å². The molecule has 0 nitrogen and oxygen atoms in total. The van der Waals surface area contributed by atoms with E-state index in [9.17, 15) is 0 Å². The van der Waals surface area contributed by atoms with E-state index < -0.39 is 0 Å². The molecule has 0 aliphatic heterocycles. The summed E-state index contributed by atoms with van der Waals surface area (Å²) in [5, 5.41) is 0. The van der Waals surface area contributed by atoms with E-state index in [2.05, 4.69) is 26.0 Å². The lowest BCUT2D eigenvalue weighted by molar-refractivity contribution is 0.533. The summed E-state index contributed by atoms with van der Waals surface area (Å²) in [5.74, 6) is 0. The van der Waals surface area contributed by atoms with Gasteiger partial charge in [-0.15, -0.1) is 0 Å². The van der Waals surface area contributed by atoms with Crippen LogP contribution in [0.5, 0.6) is 0 Å². The Morgan fingerprint density at radius 3 is 1.14 bits per heavy atom. The zero-order chi connectivity index (χ0) is 16.1. The third-order valence-corrected chi connectivity index (χ3v) is 4.60. The summed E-state index contributed by atoms with van der Waals surface area (Å²) in [7, 11) is 0. The van der Waals surface area contributed by atoms with Gasteiger partial charge in [-0.1, -0.05) is 122 Å². The van der Waals surface area contributed by atoms with Crippen LogP contribution in [0.1, 0.15) is 129 Å². The second-order valence-corrected chi connectivity index (χ2v) is 7.00. The predicted octanol–water partition coefficient (Wildman–Crippen LogP) is 8.60. The molecule has 0 heterocycles. The highest BCUT2D eigenvalue weighted by molar-refractivity contribution is 4.80. The van der Waals surface area contributed by atoms with Crippen molar-refractivity contribution in [1.29, 1.82) is 0 Å². The Bertz CT molecular complexity index is 204. The maximum absolute atomic E-state index is 2.38. The fraction of sp³-hybridized carbons (Fsp3) is 0.909. The molecule has 0 aromatic rings. The first kappa shape index (κ1) is 21.7. The zero-order valence-corrected chi connectivity index (χ0v) is 15.9. The number of hydrogen-bond donors (Lipinski definition) is 0. The zero-order valence-electron chi connectivity index (χ0n) is 15.9. The second kappa shape index (κ2) is 20.7. The molecule has 0 rings (SSSR count). The van der Waals surface area contributed by atoms with Crippen molar-refractivity contribution in [2.45, 2.75) is 129 Å². The molecule has 22 heavy (non-hydrogen) atoms. The van der Waals surface area contributed by atoms with E-state index in [-0.39, 0.29) is 0 Å². The molecule has 0 fully saturated rings. The molecule has 132 valence electrons. The van der Waals surface area contributed by atoms with Crippen LogP contribution in [0.15, 0.2) is 12.2 Å². The molecule has 0 spiro atoms. The monoisotopic (exact) mass is 308 g/mol. The van der Waals surface area contributed by atoms with E-state index >= 15 is 0 Å². The van der Waals surface area contributed by atoms with E-state index in [1.165, 1.54) is 116 Å². The quantitative estimate of drug-likeness (QED) is 0.176. The molecule has 0 aliphatic rings. The molecule has 0 saturated heterocycles. The predicted molar refractivity (Wildman–Crippen MR) is 104 cm³/mol. The summed E-state index contributed by atoms with van der Waals surface area (Å²) >= 11 is 0. The average Bonchev–Trinajstić information content (AvgIpc) is 2.54. The van der Waals surface area contributed by atoms with Gasteiger partial charge in [0.2, 0.25) is 0 Å². The van der Waals surface area contributed by atoms with Crippen molar-refractivity contribution in [3.63, 3.8) is 0 Å². The minimum Gasteiger partial charge on any atom is -0.0885 e. The van der Waals surface area contributed by atoms with Gasteiger partial charge in [0.1, 0.15) is 0 Å². The van der Waals surface area contributed by atoms with Crippen LogP contribution in [0.4, 0.5) is 0 Å². The molecular formula is C22H44. The molecule has 0 N–H and O–H groups in total. The minimum atomic E-state index is 1.26. The number of rotatable bonds is 18. The van der Waals surface area contributed by atoms with Crippen LogP contribution in [-0.2, 0) is 0 Å². The van der Waals surface area contributed by atoms with E-state index in [0.29, 0.717) is 0 Å². The van der Waals surface area contributed by atoms with Gasteiger partial charge in [-0.05, 0) is 19.3 Å². The molecule has 0 aromatic heterocycles. The number of allylic oxidation sites excluding steroid dienone is 2. The summed E-state index contributed by atoms with van der Waals surface area (Å²) in [6.07, 6.45) is 30.5.